The molecule has 3 heterocycles. The number of aryl methyl sites for hydroxylation is 2. The Kier molecular flexibility index (Phi) is 5.18. The zero-order valence-electron chi connectivity index (χ0n) is 21.2. The number of hydrogen-bond acceptors (Lipinski definition) is 5. The predicted octanol–water partition coefficient (Wildman–Crippen LogP) is 7.28. The van der Waals surface area contributed by atoms with Crippen molar-refractivity contribution in [3.63, 3.8) is 0 Å². The lowest BCUT2D eigenvalue weighted by Gasteiger charge is -2.40. The van der Waals surface area contributed by atoms with Crippen molar-refractivity contribution in [2.75, 3.05) is 10.2 Å². The standard InChI is InChI=1S/C32H26N6/c1-21-12-11-15-24(20-21)33-30-32-35-31-28(22(2)36-38(31)25-16-7-4-8-17-25)29(23-13-5-3-6-14-23)37(32)27-19-10-9-18-26(27)34-30/h3-20,29H,1-2H3,(H,33,34)/t29-/m1/s1. The van der Waals surface area contributed by atoms with Crippen molar-refractivity contribution < 1.29 is 0 Å². The van der Waals surface area contributed by atoms with E-state index in [0.29, 0.717) is 5.84 Å². The molecular weight excluding hydrogens is 468 g/mol. The topological polar surface area (TPSA) is 57.8 Å². The summed E-state index contributed by atoms with van der Waals surface area (Å²) >= 11 is 0. The zero-order chi connectivity index (χ0) is 25.6. The van der Waals surface area contributed by atoms with Gasteiger partial charge in [-0.2, -0.15) is 5.10 Å². The van der Waals surface area contributed by atoms with Crippen LogP contribution in [0.2, 0.25) is 0 Å². The van der Waals surface area contributed by atoms with Gasteiger partial charge in [0.15, 0.2) is 17.5 Å². The first-order valence-corrected chi connectivity index (χ1v) is 12.8. The molecule has 0 radical (unpaired) electrons. The van der Waals surface area contributed by atoms with Crippen molar-refractivity contribution >= 4 is 34.6 Å². The van der Waals surface area contributed by atoms with E-state index in [4.69, 9.17) is 15.1 Å². The molecular formula is C32H26N6. The Hall–Kier alpha value is -4.97. The molecule has 1 atom stereocenters. The van der Waals surface area contributed by atoms with Gasteiger partial charge in [0.2, 0.25) is 0 Å². The summed E-state index contributed by atoms with van der Waals surface area (Å²) in [6, 6.07) is 37.2. The maximum atomic E-state index is 5.29. The minimum atomic E-state index is -0.123. The predicted molar refractivity (Wildman–Crippen MR) is 154 cm³/mol. The number of amidine groups is 2. The van der Waals surface area contributed by atoms with E-state index >= 15 is 0 Å². The second kappa shape index (κ2) is 8.85. The number of fused-ring (bicyclic) bond motifs is 4. The molecule has 0 saturated heterocycles. The van der Waals surface area contributed by atoms with Crippen molar-refractivity contribution in [2.45, 2.75) is 19.9 Å². The van der Waals surface area contributed by atoms with Crippen molar-refractivity contribution in [1.82, 2.24) is 9.78 Å². The zero-order valence-corrected chi connectivity index (χ0v) is 21.2. The van der Waals surface area contributed by atoms with Gasteiger partial charge in [-0.05, 0) is 61.4 Å². The minimum Gasteiger partial charge on any atom is -0.337 e. The van der Waals surface area contributed by atoms with E-state index in [1.807, 2.05) is 35.0 Å². The summed E-state index contributed by atoms with van der Waals surface area (Å²) in [5.41, 5.74) is 8.26. The molecule has 6 nitrogen and oxygen atoms in total. The Bertz CT molecular complexity index is 1720. The number of para-hydroxylation sites is 3. The Morgan fingerprint density at radius 2 is 1.47 bits per heavy atom. The van der Waals surface area contributed by atoms with Gasteiger partial charge in [0.1, 0.15) is 0 Å². The smallest absolute Gasteiger partial charge is 0.179 e. The number of rotatable bonds is 3. The van der Waals surface area contributed by atoms with Gasteiger partial charge in [0.05, 0.1) is 28.8 Å². The fourth-order valence-corrected chi connectivity index (χ4v) is 5.36. The van der Waals surface area contributed by atoms with Crippen LogP contribution in [0, 0.1) is 13.8 Å². The normalized spacial score (nSPS) is 15.6. The Morgan fingerprint density at radius 3 is 2.26 bits per heavy atom. The molecule has 0 saturated carbocycles. The maximum Gasteiger partial charge on any atom is 0.179 e. The van der Waals surface area contributed by atoms with E-state index in [1.165, 1.54) is 11.1 Å². The van der Waals surface area contributed by atoms with Gasteiger partial charge < -0.3 is 10.2 Å². The van der Waals surface area contributed by atoms with Gasteiger partial charge >= 0.3 is 0 Å². The molecule has 0 aliphatic carbocycles. The maximum absolute atomic E-state index is 5.29. The van der Waals surface area contributed by atoms with Gasteiger partial charge in [-0.3, -0.25) is 0 Å². The molecule has 5 aromatic rings. The molecule has 0 unspecified atom stereocenters. The van der Waals surface area contributed by atoms with Gasteiger partial charge in [-0.1, -0.05) is 72.8 Å². The van der Waals surface area contributed by atoms with Crippen LogP contribution in [0.1, 0.15) is 28.4 Å². The van der Waals surface area contributed by atoms with Crippen LogP contribution in [-0.4, -0.2) is 21.5 Å². The highest BCUT2D eigenvalue weighted by Gasteiger charge is 2.41. The van der Waals surface area contributed by atoms with Crippen LogP contribution in [0.25, 0.3) is 5.69 Å². The molecule has 1 aromatic heterocycles. The molecule has 1 N–H and O–H groups in total. The first kappa shape index (κ1) is 22.2. The summed E-state index contributed by atoms with van der Waals surface area (Å²) in [5.74, 6) is 2.30. The van der Waals surface area contributed by atoms with E-state index in [2.05, 4.69) is 103 Å². The van der Waals surface area contributed by atoms with Crippen LogP contribution >= 0.6 is 0 Å². The second-order valence-electron chi connectivity index (χ2n) is 9.63. The Morgan fingerprint density at radius 1 is 0.737 bits per heavy atom. The number of anilines is 2. The lowest BCUT2D eigenvalue weighted by atomic mass is 9.93. The lowest BCUT2D eigenvalue weighted by molar-refractivity contribution is 0.815. The van der Waals surface area contributed by atoms with Crippen LogP contribution in [0.3, 0.4) is 0 Å². The monoisotopic (exact) mass is 494 g/mol. The summed E-state index contributed by atoms with van der Waals surface area (Å²) in [5, 5.41) is 8.57. The Labute approximate surface area is 221 Å². The largest absolute Gasteiger partial charge is 0.337 e. The van der Waals surface area contributed by atoms with E-state index in [0.717, 1.165) is 45.7 Å². The van der Waals surface area contributed by atoms with Crippen LogP contribution < -0.4 is 10.2 Å². The Balaban J connectivity index is 1.50. The molecule has 0 fully saturated rings. The first-order valence-electron chi connectivity index (χ1n) is 12.8. The minimum absolute atomic E-state index is 0.123. The van der Waals surface area contributed by atoms with Gasteiger partial charge in [-0.25, -0.2) is 14.7 Å². The third kappa shape index (κ3) is 3.61. The molecule has 2 aliphatic heterocycles. The molecule has 0 bridgehead atoms. The van der Waals surface area contributed by atoms with E-state index in [1.54, 1.807) is 0 Å². The molecule has 184 valence electrons. The van der Waals surface area contributed by atoms with Gasteiger partial charge in [0, 0.05) is 11.3 Å². The van der Waals surface area contributed by atoms with Gasteiger partial charge in [0.25, 0.3) is 0 Å². The number of aromatic nitrogens is 2. The quantitative estimate of drug-likeness (QED) is 0.287. The van der Waals surface area contributed by atoms with E-state index in [-0.39, 0.29) is 6.04 Å². The summed E-state index contributed by atoms with van der Waals surface area (Å²) < 4.78 is 1.95. The summed E-state index contributed by atoms with van der Waals surface area (Å²) in [6.07, 6.45) is 0. The van der Waals surface area contributed by atoms with Crippen LogP contribution in [-0.2, 0) is 0 Å². The average molecular weight is 495 g/mol. The SMILES string of the molecule is Cc1cccc(NC2=Nc3ccccc3N3C2=Nc2c(c(C)nn2-c2ccccc2)[C@H]3c2ccccc2)c1. The summed E-state index contributed by atoms with van der Waals surface area (Å²) in [7, 11) is 0. The molecule has 0 spiro atoms. The van der Waals surface area contributed by atoms with Crippen molar-refractivity contribution in [2.24, 2.45) is 9.98 Å². The molecule has 6 heteroatoms. The first-order chi connectivity index (χ1) is 18.7. The van der Waals surface area contributed by atoms with Crippen LogP contribution in [0.5, 0.6) is 0 Å². The van der Waals surface area contributed by atoms with Crippen LogP contribution in [0.4, 0.5) is 22.9 Å². The van der Waals surface area contributed by atoms with E-state index in [9.17, 15) is 0 Å². The molecule has 4 aromatic carbocycles. The summed E-state index contributed by atoms with van der Waals surface area (Å²) in [4.78, 5) is 12.7. The van der Waals surface area contributed by atoms with Gasteiger partial charge in [-0.15, -0.1) is 0 Å². The third-order valence-corrected chi connectivity index (χ3v) is 7.04. The number of nitrogens with zero attached hydrogens (tertiary/aromatic N) is 5. The number of aliphatic imine (C=N–C) groups is 2. The molecule has 38 heavy (non-hydrogen) atoms. The number of nitrogens with one attached hydrogen (secondary N) is 1. The highest BCUT2D eigenvalue weighted by Crippen LogP contribution is 2.48. The molecule has 7 rings (SSSR count). The molecule has 2 aliphatic rings. The van der Waals surface area contributed by atoms with Crippen molar-refractivity contribution in [3.8, 4) is 5.69 Å². The number of hydrogen-bond donors (Lipinski definition) is 1. The fraction of sp³-hybridized carbons (Fsp3) is 0.0938. The van der Waals surface area contributed by atoms with Crippen LogP contribution in [0.15, 0.2) is 119 Å². The summed E-state index contributed by atoms with van der Waals surface area (Å²) in [6.45, 7) is 4.16. The lowest BCUT2D eigenvalue weighted by Crippen LogP contribution is -2.46. The molecule has 0 amide bonds. The fourth-order valence-electron chi connectivity index (χ4n) is 5.36. The highest BCUT2D eigenvalue weighted by atomic mass is 15.4. The van der Waals surface area contributed by atoms with Crippen molar-refractivity contribution in [3.05, 3.63) is 132 Å². The van der Waals surface area contributed by atoms with Crippen molar-refractivity contribution in [1.29, 1.82) is 0 Å². The highest BCUT2D eigenvalue weighted by molar-refractivity contribution is 6.51. The van der Waals surface area contributed by atoms with E-state index < -0.39 is 0 Å². The number of benzene rings is 4. The second-order valence-corrected chi connectivity index (χ2v) is 9.63. The third-order valence-electron chi connectivity index (χ3n) is 7.04. The average Bonchev–Trinajstić information content (AvgIpc) is 3.29.